The molecule has 0 atom stereocenters. The highest BCUT2D eigenvalue weighted by atomic mass is 19.1. The van der Waals surface area contributed by atoms with Crippen LogP contribution in [0.2, 0.25) is 0 Å². The van der Waals surface area contributed by atoms with Gasteiger partial charge in [-0.3, -0.25) is 9.78 Å². The van der Waals surface area contributed by atoms with Gasteiger partial charge < -0.3 is 14.5 Å². The fraction of sp³-hybridized carbons (Fsp3) is 0.389. The third kappa shape index (κ3) is 4.23. The molecule has 1 aliphatic heterocycles. The molecule has 7 heteroatoms. The van der Waals surface area contributed by atoms with Crippen molar-refractivity contribution in [2.24, 2.45) is 0 Å². The first-order valence-corrected chi connectivity index (χ1v) is 8.28. The second-order valence-electron chi connectivity index (χ2n) is 5.90. The molecule has 0 aliphatic carbocycles. The van der Waals surface area contributed by atoms with Crippen LogP contribution < -0.4 is 9.64 Å². The zero-order valence-corrected chi connectivity index (χ0v) is 14.2. The maximum absolute atomic E-state index is 13.7. The van der Waals surface area contributed by atoms with Crippen molar-refractivity contribution in [3.63, 3.8) is 0 Å². The van der Waals surface area contributed by atoms with Gasteiger partial charge in [0.25, 0.3) is 0 Å². The molecule has 1 amide bonds. The molecule has 0 unspecified atom stereocenters. The van der Waals surface area contributed by atoms with Crippen LogP contribution in [0.15, 0.2) is 36.8 Å². The monoisotopic (exact) mass is 344 g/mol. The largest absolute Gasteiger partial charge is 0.494 e. The molecule has 0 saturated carbocycles. The van der Waals surface area contributed by atoms with E-state index in [9.17, 15) is 9.18 Å². The number of rotatable bonds is 5. The Hall–Kier alpha value is -2.70. The van der Waals surface area contributed by atoms with Crippen molar-refractivity contribution < 1.29 is 13.9 Å². The number of hydrogen-bond acceptors (Lipinski definition) is 5. The Morgan fingerprint density at radius 2 is 2.04 bits per heavy atom. The quantitative estimate of drug-likeness (QED) is 0.829. The van der Waals surface area contributed by atoms with Crippen LogP contribution in [0.3, 0.4) is 0 Å². The topological polar surface area (TPSA) is 58.6 Å². The highest BCUT2D eigenvalue weighted by Gasteiger charge is 2.21. The summed E-state index contributed by atoms with van der Waals surface area (Å²) in [6.45, 7) is 2.79. The summed E-state index contributed by atoms with van der Waals surface area (Å²) in [4.78, 5) is 24.7. The highest BCUT2D eigenvalue weighted by molar-refractivity contribution is 5.76. The summed E-state index contributed by atoms with van der Waals surface area (Å²) < 4.78 is 18.6. The summed E-state index contributed by atoms with van der Waals surface area (Å²) in [6.07, 6.45) is 5.93. The summed E-state index contributed by atoms with van der Waals surface area (Å²) >= 11 is 0. The smallest absolute Gasteiger partial charge is 0.223 e. The van der Waals surface area contributed by atoms with Crippen LogP contribution in [-0.2, 0) is 11.2 Å². The average Bonchev–Trinajstić information content (AvgIpc) is 2.67. The molecule has 0 N–H and O–H groups in total. The van der Waals surface area contributed by atoms with Gasteiger partial charge in [-0.1, -0.05) is 6.07 Å². The van der Waals surface area contributed by atoms with E-state index in [4.69, 9.17) is 4.74 Å². The van der Waals surface area contributed by atoms with Crippen molar-refractivity contribution in [3.8, 4) is 5.75 Å². The first-order valence-electron chi connectivity index (χ1n) is 8.28. The molecule has 6 nitrogen and oxygen atoms in total. The molecule has 1 aromatic heterocycles. The van der Waals surface area contributed by atoms with Crippen molar-refractivity contribution in [1.82, 2.24) is 14.9 Å². The van der Waals surface area contributed by atoms with Crippen LogP contribution in [-0.4, -0.2) is 54.1 Å². The number of carbonyl (C=O) groups is 1. The second-order valence-corrected chi connectivity index (χ2v) is 5.90. The predicted molar refractivity (Wildman–Crippen MR) is 92.1 cm³/mol. The fourth-order valence-electron chi connectivity index (χ4n) is 2.91. The number of aromatic nitrogens is 2. The van der Waals surface area contributed by atoms with Gasteiger partial charge in [0, 0.05) is 45.0 Å². The van der Waals surface area contributed by atoms with Gasteiger partial charge in [-0.2, -0.15) is 0 Å². The van der Waals surface area contributed by atoms with E-state index in [2.05, 4.69) is 14.9 Å². The lowest BCUT2D eigenvalue weighted by Crippen LogP contribution is -2.49. The molecule has 1 aromatic carbocycles. The lowest BCUT2D eigenvalue weighted by Gasteiger charge is -2.35. The van der Waals surface area contributed by atoms with E-state index in [1.807, 2.05) is 4.90 Å². The number of anilines is 1. The minimum Gasteiger partial charge on any atom is -0.494 e. The number of aryl methyl sites for hydroxylation is 1. The number of hydrogen-bond donors (Lipinski definition) is 0. The third-order valence-corrected chi connectivity index (χ3v) is 4.35. The Labute approximate surface area is 146 Å². The number of halogens is 1. The van der Waals surface area contributed by atoms with E-state index in [-0.39, 0.29) is 11.7 Å². The SMILES string of the molecule is COc1ccc(CCC(=O)N2CCN(c3cnccn3)CC2)cc1F. The molecule has 1 fully saturated rings. The van der Waals surface area contributed by atoms with E-state index < -0.39 is 5.82 Å². The molecule has 3 rings (SSSR count). The van der Waals surface area contributed by atoms with E-state index >= 15 is 0 Å². The summed E-state index contributed by atoms with van der Waals surface area (Å²) in [5.41, 5.74) is 0.796. The summed E-state index contributed by atoms with van der Waals surface area (Å²) in [7, 11) is 1.43. The minimum absolute atomic E-state index is 0.0926. The van der Waals surface area contributed by atoms with Gasteiger partial charge >= 0.3 is 0 Å². The molecule has 2 heterocycles. The minimum atomic E-state index is -0.398. The number of benzene rings is 1. The summed E-state index contributed by atoms with van der Waals surface area (Å²) in [6, 6.07) is 4.81. The summed E-state index contributed by atoms with van der Waals surface area (Å²) in [5, 5.41) is 0. The normalized spacial score (nSPS) is 14.5. The Morgan fingerprint density at radius 3 is 2.68 bits per heavy atom. The lowest BCUT2D eigenvalue weighted by atomic mass is 10.1. The van der Waals surface area contributed by atoms with Crippen molar-refractivity contribution in [3.05, 3.63) is 48.2 Å². The predicted octanol–water partition coefficient (Wildman–Crippen LogP) is 1.91. The van der Waals surface area contributed by atoms with Crippen LogP contribution in [0.1, 0.15) is 12.0 Å². The number of ether oxygens (including phenoxy) is 1. The maximum Gasteiger partial charge on any atom is 0.223 e. The molecule has 25 heavy (non-hydrogen) atoms. The average molecular weight is 344 g/mol. The Bertz CT molecular complexity index is 718. The first-order chi connectivity index (χ1) is 12.2. The van der Waals surface area contributed by atoms with E-state index in [0.29, 0.717) is 25.9 Å². The molecule has 132 valence electrons. The molecule has 0 radical (unpaired) electrons. The van der Waals surface area contributed by atoms with Crippen LogP contribution >= 0.6 is 0 Å². The van der Waals surface area contributed by atoms with E-state index in [0.717, 1.165) is 24.5 Å². The van der Waals surface area contributed by atoms with Crippen LogP contribution in [0.4, 0.5) is 10.2 Å². The van der Waals surface area contributed by atoms with Gasteiger partial charge in [0.05, 0.1) is 13.3 Å². The van der Waals surface area contributed by atoms with Gasteiger partial charge in [0.2, 0.25) is 5.91 Å². The van der Waals surface area contributed by atoms with Gasteiger partial charge in [-0.15, -0.1) is 0 Å². The zero-order valence-electron chi connectivity index (χ0n) is 14.2. The van der Waals surface area contributed by atoms with E-state index in [1.54, 1.807) is 30.7 Å². The van der Waals surface area contributed by atoms with Crippen LogP contribution in [0.25, 0.3) is 0 Å². The number of methoxy groups -OCH3 is 1. The van der Waals surface area contributed by atoms with Gasteiger partial charge in [0.1, 0.15) is 5.82 Å². The molecular weight excluding hydrogens is 323 g/mol. The Balaban J connectivity index is 1.49. The fourth-order valence-corrected chi connectivity index (χ4v) is 2.91. The standard InChI is InChI=1S/C18H21FN4O2/c1-25-16-4-2-14(12-15(16)19)3-5-18(24)23-10-8-22(9-11-23)17-13-20-6-7-21-17/h2,4,6-7,12-13H,3,5,8-11H2,1H3. The van der Waals surface area contributed by atoms with Crippen molar-refractivity contribution in [2.45, 2.75) is 12.8 Å². The molecule has 0 bridgehead atoms. The third-order valence-electron chi connectivity index (χ3n) is 4.35. The molecule has 2 aromatic rings. The van der Waals surface area contributed by atoms with Crippen LogP contribution in [0.5, 0.6) is 5.75 Å². The molecule has 1 aliphatic rings. The second kappa shape index (κ2) is 7.92. The van der Waals surface area contributed by atoms with Crippen molar-refractivity contribution in [1.29, 1.82) is 0 Å². The Morgan fingerprint density at radius 1 is 1.24 bits per heavy atom. The van der Waals surface area contributed by atoms with Gasteiger partial charge in [-0.25, -0.2) is 9.37 Å². The van der Waals surface area contributed by atoms with E-state index in [1.165, 1.54) is 13.2 Å². The maximum atomic E-state index is 13.7. The zero-order chi connectivity index (χ0) is 17.6. The van der Waals surface area contributed by atoms with Crippen molar-refractivity contribution in [2.75, 3.05) is 38.2 Å². The number of piperazine rings is 1. The van der Waals surface area contributed by atoms with Gasteiger partial charge in [-0.05, 0) is 24.1 Å². The number of carbonyl (C=O) groups excluding carboxylic acids is 1. The van der Waals surface area contributed by atoms with Crippen molar-refractivity contribution >= 4 is 11.7 Å². The Kier molecular flexibility index (Phi) is 5.42. The number of amides is 1. The number of nitrogens with zero attached hydrogens (tertiary/aromatic N) is 4. The summed E-state index contributed by atoms with van der Waals surface area (Å²) in [5.74, 6) is 0.749. The first kappa shape index (κ1) is 17.1. The molecular formula is C18H21FN4O2. The molecule has 0 spiro atoms. The van der Waals surface area contributed by atoms with Crippen LogP contribution in [0, 0.1) is 5.82 Å². The lowest BCUT2D eigenvalue weighted by molar-refractivity contribution is -0.131. The highest BCUT2D eigenvalue weighted by Crippen LogP contribution is 2.19. The molecule has 1 saturated heterocycles. The van der Waals surface area contributed by atoms with Gasteiger partial charge in [0.15, 0.2) is 11.6 Å².